The Hall–Kier alpha value is -0.653. The van der Waals surface area contributed by atoms with Gasteiger partial charge in [0.05, 0.1) is 0 Å². The van der Waals surface area contributed by atoms with Gasteiger partial charge in [-0.2, -0.15) is 0 Å². The molecule has 0 aliphatic carbocycles. The van der Waals surface area contributed by atoms with E-state index < -0.39 is 8.32 Å². The van der Waals surface area contributed by atoms with Gasteiger partial charge in [-0.05, 0) is 36.5 Å². The van der Waals surface area contributed by atoms with Crippen molar-refractivity contribution in [3.8, 4) is 0 Å². The Balaban J connectivity index is 2.67. The molecule has 1 rings (SSSR count). The Bertz CT molecular complexity index is 459. The molecule has 0 amide bonds. The number of nitrogens with zero attached hydrogens (tertiary/aromatic N) is 2. The Kier molecular flexibility index (Phi) is 7.29. The van der Waals surface area contributed by atoms with Gasteiger partial charge in [-0.1, -0.05) is 45.5 Å². The molecular weight excluding hydrogens is 308 g/mol. The van der Waals surface area contributed by atoms with Crippen molar-refractivity contribution in [3.05, 3.63) is 31.1 Å². The van der Waals surface area contributed by atoms with Crippen LogP contribution in [-0.2, 0) is 4.43 Å². The normalized spacial score (nSPS) is 15.4. The van der Waals surface area contributed by atoms with Gasteiger partial charge >= 0.3 is 0 Å². The van der Waals surface area contributed by atoms with Crippen LogP contribution in [0.3, 0.4) is 0 Å². The number of thioether (sulfide) groups is 1. The van der Waals surface area contributed by atoms with E-state index in [0.717, 1.165) is 18.2 Å². The van der Waals surface area contributed by atoms with E-state index in [-0.39, 0.29) is 5.04 Å². The minimum atomic E-state index is -1.71. The molecule has 0 aromatic carbocycles. The van der Waals surface area contributed by atoms with Gasteiger partial charge in [-0.25, -0.2) is 9.97 Å². The summed E-state index contributed by atoms with van der Waals surface area (Å²) in [6, 6.07) is 1.84. The lowest BCUT2D eigenvalue weighted by Gasteiger charge is -2.38. The van der Waals surface area contributed by atoms with Gasteiger partial charge < -0.3 is 4.43 Å². The zero-order valence-corrected chi connectivity index (χ0v) is 16.6. The maximum atomic E-state index is 6.40. The molecule has 0 N–H and O–H groups in total. The lowest BCUT2D eigenvalue weighted by atomic mass is 10.0. The van der Waals surface area contributed by atoms with E-state index in [0.29, 0.717) is 11.2 Å². The van der Waals surface area contributed by atoms with Crippen molar-refractivity contribution in [2.24, 2.45) is 5.92 Å². The van der Waals surface area contributed by atoms with Crippen molar-refractivity contribution < 1.29 is 4.43 Å². The molecule has 1 heterocycles. The molecule has 0 bridgehead atoms. The highest BCUT2D eigenvalue weighted by Crippen LogP contribution is 2.37. The first-order valence-corrected chi connectivity index (χ1v) is 11.6. The predicted octanol–water partition coefficient (Wildman–Crippen LogP) is 5.17. The van der Waals surface area contributed by atoms with Gasteiger partial charge in [0.25, 0.3) is 0 Å². The van der Waals surface area contributed by atoms with Crippen molar-refractivity contribution in [2.45, 2.75) is 62.7 Å². The van der Waals surface area contributed by atoms with E-state index in [2.05, 4.69) is 57.3 Å². The first kappa shape index (κ1) is 19.4. The fraction of sp³-hybridized carbons (Fsp3) is 0.647. The van der Waals surface area contributed by atoms with Crippen LogP contribution in [0.15, 0.2) is 36.3 Å². The van der Waals surface area contributed by atoms with Gasteiger partial charge in [-0.3, -0.25) is 0 Å². The van der Waals surface area contributed by atoms with Crippen LogP contribution in [0, 0.1) is 5.92 Å². The van der Waals surface area contributed by atoms with E-state index in [9.17, 15) is 0 Å². The molecular formula is C17H30N2OSSi. The number of hydrogen-bond acceptors (Lipinski definition) is 4. The van der Waals surface area contributed by atoms with Crippen LogP contribution in [0.5, 0.6) is 0 Å². The minimum Gasteiger partial charge on any atom is -0.416 e. The van der Waals surface area contributed by atoms with Crippen molar-refractivity contribution in [3.63, 3.8) is 0 Å². The minimum absolute atomic E-state index is 0.241. The van der Waals surface area contributed by atoms with Gasteiger partial charge in [0, 0.05) is 24.3 Å². The van der Waals surface area contributed by atoms with Crippen molar-refractivity contribution in [2.75, 3.05) is 6.61 Å². The average molecular weight is 339 g/mol. The Morgan fingerprint density at radius 2 is 1.91 bits per heavy atom. The van der Waals surface area contributed by atoms with Crippen LogP contribution in [0.2, 0.25) is 18.1 Å². The maximum absolute atomic E-state index is 6.40. The molecule has 0 aliphatic rings. The summed E-state index contributed by atoms with van der Waals surface area (Å²) < 4.78 is 6.40. The van der Waals surface area contributed by atoms with E-state index in [4.69, 9.17) is 4.43 Å². The fourth-order valence-electron chi connectivity index (χ4n) is 1.75. The highest BCUT2D eigenvalue weighted by atomic mass is 32.2. The second-order valence-corrected chi connectivity index (χ2v) is 13.4. The van der Waals surface area contributed by atoms with Gasteiger partial charge in [0.15, 0.2) is 13.5 Å². The first-order valence-electron chi connectivity index (χ1n) is 7.86. The summed E-state index contributed by atoms with van der Waals surface area (Å²) in [5.74, 6) is 0.431. The summed E-state index contributed by atoms with van der Waals surface area (Å²) in [5.41, 5.74) is 0. The number of hydrogen-bond donors (Lipinski definition) is 0. The molecule has 1 aromatic rings. The Morgan fingerprint density at radius 1 is 1.32 bits per heavy atom. The van der Waals surface area contributed by atoms with Gasteiger partial charge in [0.2, 0.25) is 0 Å². The topological polar surface area (TPSA) is 35.0 Å². The Labute approximate surface area is 141 Å². The summed E-state index contributed by atoms with van der Waals surface area (Å²) in [6.45, 7) is 18.3. The molecule has 22 heavy (non-hydrogen) atoms. The van der Waals surface area contributed by atoms with Crippen molar-refractivity contribution in [1.82, 2.24) is 9.97 Å². The van der Waals surface area contributed by atoms with E-state index in [1.165, 1.54) is 0 Å². The van der Waals surface area contributed by atoms with E-state index >= 15 is 0 Å². The van der Waals surface area contributed by atoms with E-state index in [1.54, 1.807) is 24.2 Å². The van der Waals surface area contributed by atoms with Gasteiger partial charge in [-0.15, -0.1) is 6.58 Å². The predicted molar refractivity (Wildman–Crippen MR) is 98.8 cm³/mol. The summed E-state index contributed by atoms with van der Waals surface area (Å²) in [5, 5.41) is 1.46. The van der Waals surface area contributed by atoms with Gasteiger partial charge in [0.1, 0.15) is 0 Å². The van der Waals surface area contributed by atoms with E-state index in [1.807, 2.05) is 12.1 Å². The zero-order valence-electron chi connectivity index (χ0n) is 14.8. The smallest absolute Gasteiger partial charge is 0.191 e. The standard InChI is InChI=1S/C17H30N2OSSi/c1-8-10-15(13-20-22(6,7)17(3,4)5)14(2)21-16-18-11-9-12-19-16/h8-9,11-12,14-15H,1,10,13H2,2-7H3. The summed E-state index contributed by atoms with van der Waals surface area (Å²) in [7, 11) is -1.71. The molecule has 0 fully saturated rings. The number of allylic oxidation sites excluding steroid dienone is 1. The van der Waals surface area contributed by atoms with Crippen LogP contribution >= 0.6 is 11.8 Å². The second-order valence-electron chi connectivity index (χ2n) is 7.21. The average Bonchev–Trinajstić information content (AvgIpc) is 2.43. The third kappa shape index (κ3) is 5.86. The molecule has 0 aliphatic heterocycles. The monoisotopic (exact) mass is 338 g/mol. The van der Waals surface area contributed by atoms with Crippen LogP contribution in [0.4, 0.5) is 0 Å². The molecule has 0 saturated carbocycles. The number of rotatable bonds is 8. The molecule has 0 spiro atoms. The SMILES string of the molecule is C=CCC(CO[Si](C)(C)C(C)(C)C)C(C)Sc1ncccn1. The van der Waals surface area contributed by atoms with Crippen LogP contribution in [-0.4, -0.2) is 30.1 Å². The highest BCUT2D eigenvalue weighted by molar-refractivity contribution is 7.99. The maximum Gasteiger partial charge on any atom is 0.191 e. The summed E-state index contributed by atoms with van der Waals surface area (Å²) in [6.07, 6.45) is 6.52. The first-order chi connectivity index (χ1) is 10.2. The molecule has 1 aromatic heterocycles. The molecule has 2 atom stereocenters. The molecule has 0 saturated heterocycles. The van der Waals surface area contributed by atoms with Crippen LogP contribution < -0.4 is 0 Å². The molecule has 0 radical (unpaired) electrons. The lowest BCUT2D eigenvalue weighted by Crippen LogP contribution is -2.42. The molecule has 5 heteroatoms. The van der Waals surface area contributed by atoms with Crippen molar-refractivity contribution in [1.29, 1.82) is 0 Å². The third-order valence-electron chi connectivity index (χ3n) is 4.43. The quantitative estimate of drug-likeness (QED) is 0.283. The van der Waals surface area contributed by atoms with Crippen molar-refractivity contribution >= 4 is 20.1 Å². The van der Waals surface area contributed by atoms with Crippen LogP contribution in [0.1, 0.15) is 34.1 Å². The van der Waals surface area contributed by atoms with Crippen LogP contribution in [0.25, 0.3) is 0 Å². The summed E-state index contributed by atoms with van der Waals surface area (Å²) in [4.78, 5) is 8.61. The lowest BCUT2D eigenvalue weighted by molar-refractivity contribution is 0.228. The number of aromatic nitrogens is 2. The summed E-state index contributed by atoms with van der Waals surface area (Å²) >= 11 is 1.72. The Morgan fingerprint density at radius 3 is 2.41 bits per heavy atom. The fourth-order valence-corrected chi connectivity index (χ4v) is 3.77. The second kappa shape index (κ2) is 8.27. The highest BCUT2D eigenvalue weighted by Gasteiger charge is 2.37. The molecule has 3 nitrogen and oxygen atoms in total. The third-order valence-corrected chi connectivity index (χ3v) is 10.1. The largest absolute Gasteiger partial charge is 0.416 e. The zero-order chi connectivity index (χ0) is 16.8. The molecule has 2 unspecified atom stereocenters. The molecule has 124 valence electrons.